The molecular weight excluding hydrogens is 736 g/mol. The van der Waals surface area contributed by atoms with Gasteiger partial charge < -0.3 is 0 Å². The summed E-state index contributed by atoms with van der Waals surface area (Å²) >= 11 is -3.48. The van der Waals surface area contributed by atoms with Crippen molar-refractivity contribution in [3.8, 4) is 23.0 Å². The monoisotopic (exact) mass is 790 g/mol. The summed E-state index contributed by atoms with van der Waals surface area (Å²) in [6, 6.07) is 12.9. The van der Waals surface area contributed by atoms with Crippen LogP contribution in [0.2, 0.25) is 0 Å². The van der Waals surface area contributed by atoms with E-state index >= 15 is 0 Å². The van der Waals surface area contributed by atoms with E-state index in [4.69, 9.17) is 38.0 Å². The minimum atomic E-state index is -3.48. The summed E-state index contributed by atoms with van der Waals surface area (Å²) in [5.41, 5.74) is -3.47. The van der Waals surface area contributed by atoms with Crippen molar-refractivity contribution in [2.45, 2.75) is 125 Å². The summed E-state index contributed by atoms with van der Waals surface area (Å²) in [5, 5.41) is 2.66. The third kappa shape index (κ3) is 5.50. The number of halogens is 2. The fourth-order valence-corrected chi connectivity index (χ4v) is 83.5. The topological polar surface area (TPSA) is 36.9 Å². The Bertz CT molecular complexity index is 1130. The van der Waals surface area contributed by atoms with E-state index in [0.717, 1.165) is 23.0 Å². The Balaban J connectivity index is 1.80. The van der Waals surface area contributed by atoms with Gasteiger partial charge in [-0.3, -0.25) is 0 Å². The molecule has 0 heterocycles. The van der Waals surface area contributed by atoms with Crippen LogP contribution in [0.15, 0.2) is 36.4 Å². The van der Waals surface area contributed by atoms with Crippen LogP contribution in [0.25, 0.3) is 0 Å². The maximum absolute atomic E-state index is 9.10. The predicted molar refractivity (Wildman–Crippen MR) is 196 cm³/mol. The minimum absolute atomic E-state index is 0.535. The second-order valence-corrected chi connectivity index (χ2v) is 47.6. The molecule has 0 radical (unpaired) electrons. The third-order valence-electron chi connectivity index (χ3n) is 11.9. The molecule has 4 fully saturated rings. The molecule has 4 saturated carbocycles. The molecular formula is C36H56Cl2O4P2Pd. The van der Waals surface area contributed by atoms with E-state index in [0.29, 0.717) is 22.6 Å². The van der Waals surface area contributed by atoms with Crippen LogP contribution in [0.1, 0.15) is 103 Å². The zero-order chi connectivity index (χ0) is 31.7. The average molecular weight is 792 g/mol. The van der Waals surface area contributed by atoms with Crippen molar-refractivity contribution in [2.75, 3.05) is 28.4 Å². The first-order valence-corrected chi connectivity index (χ1v) is 30.0. The summed E-state index contributed by atoms with van der Waals surface area (Å²) in [6.07, 6.45) is 19.9. The van der Waals surface area contributed by atoms with Crippen LogP contribution < -0.4 is 29.6 Å². The number of benzene rings is 2. The first kappa shape index (κ1) is 34.6. The van der Waals surface area contributed by atoms with Gasteiger partial charge in [0, 0.05) is 0 Å². The van der Waals surface area contributed by atoms with E-state index in [9.17, 15) is 0 Å². The fraction of sp³-hybridized carbons (Fsp3) is 0.667. The van der Waals surface area contributed by atoms with Gasteiger partial charge in [-0.1, -0.05) is 0 Å². The summed E-state index contributed by atoms with van der Waals surface area (Å²) in [6.45, 7) is 0. The van der Waals surface area contributed by atoms with Crippen molar-refractivity contribution in [3.05, 3.63) is 36.4 Å². The quantitative estimate of drug-likeness (QED) is 0.159. The second-order valence-electron chi connectivity index (χ2n) is 13.8. The molecule has 0 bridgehead atoms. The molecule has 0 aromatic heterocycles. The Morgan fingerprint density at radius 2 is 0.689 bits per heavy atom. The molecule has 0 aliphatic heterocycles. The Labute approximate surface area is 283 Å². The Hall–Kier alpha value is -0.258. The van der Waals surface area contributed by atoms with Gasteiger partial charge in [-0.2, -0.15) is 0 Å². The van der Waals surface area contributed by atoms with Crippen molar-refractivity contribution in [3.63, 3.8) is 0 Å². The van der Waals surface area contributed by atoms with Gasteiger partial charge in [0.1, 0.15) is 0 Å². The second kappa shape index (κ2) is 14.7. The van der Waals surface area contributed by atoms with Gasteiger partial charge in [-0.15, -0.1) is 0 Å². The van der Waals surface area contributed by atoms with Crippen LogP contribution in [-0.4, -0.2) is 51.1 Å². The molecule has 0 atom stereocenters. The van der Waals surface area contributed by atoms with Crippen LogP contribution in [0.4, 0.5) is 0 Å². The summed E-state index contributed by atoms with van der Waals surface area (Å²) in [4.78, 5) is 0. The molecule has 4 aliphatic rings. The first-order chi connectivity index (χ1) is 21.9. The molecule has 258 valence electrons. The normalized spacial score (nSPS) is 22.2. The van der Waals surface area contributed by atoms with Gasteiger partial charge in [-0.25, -0.2) is 0 Å². The summed E-state index contributed by atoms with van der Waals surface area (Å²) in [7, 11) is 25.6. The zero-order valence-electron chi connectivity index (χ0n) is 27.8. The first-order valence-electron chi connectivity index (χ1n) is 17.4. The average Bonchev–Trinajstić information content (AvgIpc) is 3.90. The van der Waals surface area contributed by atoms with E-state index in [1.54, 1.807) is 0 Å². The van der Waals surface area contributed by atoms with Gasteiger partial charge in [-0.05, 0) is 0 Å². The molecule has 4 aliphatic carbocycles. The molecule has 0 amide bonds. The van der Waals surface area contributed by atoms with Gasteiger partial charge in [0.25, 0.3) is 0 Å². The number of methoxy groups -OCH3 is 4. The van der Waals surface area contributed by atoms with Crippen LogP contribution in [0.5, 0.6) is 23.0 Å². The zero-order valence-corrected chi connectivity index (χ0v) is 32.9. The molecule has 2 aromatic carbocycles. The van der Waals surface area contributed by atoms with Gasteiger partial charge in [0.15, 0.2) is 0 Å². The van der Waals surface area contributed by atoms with E-state index in [2.05, 4.69) is 36.4 Å². The molecule has 0 spiro atoms. The maximum atomic E-state index is 9.10. The molecule has 0 N–H and O–H groups in total. The van der Waals surface area contributed by atoms with Crippen molar-refractivity contribution in [1.29, 1.82) is 0 Å². The Morgan fingerprint density at radius 3 is 0.889 bits per heavy atom. The molecule has 9 heteroatoms. The molecule has 0 saturated heterocycles. The van der Waals surface area contributed by atoms with Crippen molar-refractivity contribution < 1.29 is 31.5 Å². The molecule has 45 heavy (non-hydrogen) atoms. The Kier molecular flexibility index (Phi) is 11.3. The Morgan fingerprint density at radius 1 is 0.467 bits per heavy atom. The summed E-state index contributed by atoms with van der Waals surface area (Å²) in [5.74, 6) is 3.87. The summed E-state index contributed by atoms with van der Waals surface area (Å²) < 4.78 is 25.6. The van der Waals surface area contributed by atoms with E-state index in [1.807, 2.05) is 28.4 Å². The molecule has 2 aromatic rings. The standard InChI is InChI=1S/2C18H27O2P.2ClH.Pd/c2*1-19-16-12-7-13-17(20-2)18(16)21(14-8-3-4-9-14)15-10-5-6-11-15;;;/h2*7,12-15H,3-6,8-11H2,1-2H3;2*1H;. The van der Waals surface area contributed by atoms with E-state index < -0.39 is 23.4 Å². The van der Waals surface area contributed by atoms with Crippen molar-refractivity contribution in [2.24, 2.45) is 0 Å². The molecule has 6 rings (SSSR count). The predicted octanol–water partition coefficient (Wildman–Crippen LogP) is 10.2. The molecule has 4 nitrogen and oxygen atoms in total. The number of rotatable bonds is 12. The third-order valence-corrected chi connectivity index (χ3v) is 65.5. The fourth-order valence-electron chi connectivity index (χ4n) is 10.3. The van der Waals surface area contributed by atoms with Crippen molar-refractivity contribution in [1.82, 2.24) is 0 Å². The van der Waals surface area contributed by atoms with E-state index in [1.165, 1.54) is 113 Å². The van der Waals surface area contributed by atoms with Crippen LogP contribution in [0.3, 0.4) is 0 Å². The molecule has 0 unspecified atom stereocenters. The van der Waals surface area contributed by atoms with Crippen LogP contribution >= 0.6 is 30.0 Å². The van der Waals surface area contributed by atoms with Crippen LogP contribution in [-0.2, 0) is 12.5 Å². The number of ether oxygens (including phenoxy) is 4. The van der Waals surface area contributed by atoms with Crippen LogP contribution in [0, 0.1) is 0 Å². The number of hydrogen-bond donors (Lipinski definition) is 0. The van der Waals surface area contributed by atoms with Gasteiger partial charge in [0.05, 0.1) is 0 Å². The van der Waals surface area contributed by atoms with Crippen molar-refractivity contribution >= 4 is 40.6 Å². The SMILES string of the molecule is COc1cccc(OC)c1[PH](C1CCCC1)(C1CCCC1)[Pd]([Cl])([Cl])[PH](c1c(OC)cccc1OC)(C1CCCC1)C1CCCC1. The van der Waals surface area contributed by atoms with E-state index in [-0.39, 0.29) is 0 Å². The van der Waals surface area contributed by atoms with Gasteiger partial charge in [0.2, 0.25) is 0 Å². The number of hydrogen-bond acceptors (Lipinski definition) is 4. The van der Waals surface area contributed by atoms with Gasteiger partial charge >= 0.3 is 285 Å².